The molecule has 3 rings (SSSR count). The maximum Gasteiger partial charge on any atom is 0.339 e. The quantitative estimate of drug-likeness (QED) is 0.800. The third-order valence-corrected chi connectivity index (χ3v) is 3.67. The van der Waals surface area contributed by atoms with Crippen molar-refractivity contribution in [3.63, 3.8) is 0 Å². The van der Waals surface area contributed by atoms with E-state index in [9.17, 15) is 9.90 Å². The van der Waals surface area contributed by atoms with E-state index in [2.05, 4.69) is 5.10 Å². The molecule has 1 heterocycles. The zero-order chi connectivity index (χ0) is 16.4. The van der Waals surface area contributed by atoms with E-state index in [1.807, 2.05) is 48.5 Å². The number of carbonyl (C=O) groups is 1. The molecule has 5 nitrogen and oxygen atoms in total. The molecular formula is C18H16N2O3. The molecular weight excluding hydrogens is 292 g/mol. The van der Waals surface area contributed by atoms with Gasteiger partial charge in [-0.05, 0) is 31.2 Å². The molecule has 3 aromatic rings. The van der Waals surface area contributed by atoms with Crippen LogP contribution in [-0.2, 0) is 0 Å². The summed E-state index contributed by atoms with van der Waals surface area (Å²) in [7, 11) is 1.57. The number of aromatic nitrogens is 2. The van der Waals surface area contributed by atoms with Crippen LogP contribution in [0.25, 0.3) is 16.9 Å². The van der Waals surface area contributed by atoms with Crippen LogP contribution in [0.3, 0.4) is 0 Å². The van der Waals surface area contributed by atoms with Crippen molar-refractivity contribution < 1.29 is 14.6 Å². The Morgan fingerprint density at radius 2 is 1.87 bits per heavy atom. The second-order valence-corrected chi connectivity index (χ2v) is 5.09. The molecule has 0 fully saturated rings. The van der Waals surface area contributed by atoms with Crippen LogP contribution < -0.4 is 4.74 Å². The number of ether oxygens (including phenoxy) is 1. The first-order valence-corrected chi connectivity index (χ1v) is 7.14. The number of nitrogens with zero attached hydrogens (tertiary/aromatic N) is 2. The van der Waals surface area contributed by atoms with Gasteiger partial charge >= 0.3 is 5.97 Å². The lowest BCUT2D eigenvalue weighted by molar-refractivity contribution is 0.0697. The normalized spacial score (nSPS) is 10.5. The van der Waals surface area contributed by atoms with Gasteiger partial charge in [0.1, 0.15) is 17.0 Å². The molecule has 5 heteroatoms. The third-order valence-electron chi connectivity index (χ3n) is 3.67. The highest BCUT2D eigenvalue weighted by atomic mass is 16.5. The first kappa shape index (κ1) is 14.8. The zero-order valence-electron chi connectivity index (χ0n) is 12.9. The van der Waals surface area contributed by atoms with Crippen LogP contribution in [0.2, 0.25) is 0 Å². The maximum atomic E-state index is 11.7. The van der Waals surface area contributed by atoms with Crippen LogP contribution in [0.5, 0.6) is 5.75 Å². The summed E-state index contributed by atoms with van der Waals surface area (Å²) in [6, 6.07) is 16.7. The van der Waals surface area contributed by atoms with Crippen molar-refractivity contribution in [3.05, 3.63) is 65.9 Å². The summed E-state index contributed by atoms with van der Waals surface area (Å²) in [6.45, 7) is 1.76. The summed E-state index contributed by atoms with van der Waals surface area (Å²) >= 11 is 0. The maximum absolute atomic E-state index is 11.7. The van der Waals surface area contributed by atoms with Gasteiger partial charge in [0.25, 0.3) is 0 Å². The van der Waals surface area contributed by atoms with E-state index < -0.39 is 5.97 Å². The second-order valence-electron chi connectivity index (χ2n) is 5.09. The molecule has 0 bridgehead atoms. The number of hydrogen-bond acceptors (Lipinski definition) is 3. The Morgan fingerprint density at radius 3 is 2.52 bits per heavy atom. The summed E-state index contributed by atoms with van der Waals surface area (Å²) in [4.78, 5) is 11.7. The van der Waals surface area contributed by atoms with Crippen LogP contribution in [0.15, 0.2) is 54.6 Å². The highest BCUT2D eigenvalue weighted by Crippen LogP contribution is 2.29. The Morgan fingerprint density at radius 1 is 1.13 bits per heavy atom. The first-order valence-electron chi connectivity index (χ1n) is 7.14. The lowest BCUT2D eigenvalue weighted by atomic mass is 10.1. The molecule has 0 saturated carbocycles. The highest BCUT2D eigenvalue weighted by molar-refractivity contribution is 5.96. The van der Waals surface area contributed by atoms with Crippen LogP contribution in [0.1, 0.15) is 16.1 Å². The van der Waals surface area contributed by atoms with Crippen molar-refractivity contribution >= 4 is 5.97 Å². The van der Waals surface area contributed by atoms with Crippen molar-refractivity contribution in [2.45, 2.75) is 6.92 Å². The number of hydrogen-bond donors (Lipinski definition) is 1. The van der Waals surface area contributed by atoms with Crippen LogP contribution in [-0.4, -0.2) is 28.0 Å². The predicted octanol–water partition coefficient (Wildman–Crippen LogP) is 3.55. The molecule has 0 aliphatic carbocycles. The Bertz CT molecular complexity index is 854. The summed E-state index contributed by atoms with van der Waals surface area (Å²) < 4.78 is 6.87. The zero-order valence-corrected chi connectivity index (χ0v) is 12.9. The molecule has 0 atom stereocenters. The van der Waals surface area contributed by atoms with Gasteiger partial charge in [-0.2, -0.15) is 5.10 Å². The Hall–Kier alpha value is -3.08. The Balaban J connectivity index is 2.22. The lowest BCUT2D eigenvalue weighted by Crippen LogP contribution is -2.02. The number of para-hydroxylation sites is 1. The molecule has 2 aromatic carbocycles. The SMILES string of the molecule is COc1cccc(-c2nn(-c3ccccc3)c(C)c2C(=O)O)c1. The van der Waals surface area contributed by atoms with Gasteiger partial charge in [-0.25, -0.2) is 9.48 Å². The molecule has 116 valence electrons. The fourth-order valence-corrected chi connectivity index (χ4v) is 2.55. The molecule has 0 aliphatic rings. The van der Waals surface area contributed by atoms with Gasteiger partial charge in [-0.1, -0.05) is 30.3 Å². The van der Waals surface area contributed by atoms with E-state index in [0.29, 0.717) is 22.7 Å². The minimum absolute atomic E-state index is 0.196. The van der Waals surface area contributed by atoms with E-state index in [-0.39, 0.29) is 5.56 Å². The van der Waals surface area contributed by atoms with E-state index in [1.54, 1.807) is 24.8 Å². The number of aromatic carboxylic acids is 1. The number of methoxy groups -OCH3 is 1. The number of carboxylic acids is 1. The van der Waals surface area contributed by atoms with Crippen LogP contribution in [0, 0.1) is 6.92 Å². The summed E-state index contributed by atoms with van der Waals surface area (Å²) in [5.41, 5.74) is 2.74. The average Bonchev–Trinajstić information content (AvgIpc) is 2.93. The minimum Gasteiger partial charge on any atom is -0.497 e. The largest absolute Gasteiger partial charge is 0.497 e. The molecule has 0 radical (unpaired) electrons. The van der Waals surface area contributed by atoms with E-state index >= 15 is 0 Å². The first-order chi connectivity index (χ1) is 11.1. The fraction of sp³-hybridized carbons (Fsp3) is 0.111. The number of benzene rings is 2. The molecule has 0 spiro atoms. The van der Waals surface area contributed by atoms with Crippen molar-refractivity contribution in [3.8, 4) is 22.7 Å². The molecule has 0 saturated heterocycles. The van der Waals surface area contributed by atoms with Gasteiger partial charge in [0.2, 0.25) is 0 Å². The van der Waals surface area contributed by atoms with Crippen LogP contribution >= 0.6 is 0 Å². The van der Waals surface area contributed by atoms with E-state index in [1.165, 1.54) is 0 Å². The van der Waals surface area contributed by atoms with E-state index in [0.717, 1.165) is 5.69 Å². The lowest BCUT2D eigenvalue weighted by Gasteiger charge is -2.03. The third kappa shape index (κ3) is 2.68. The van der Waals surface area contributed by atoms with Crippen LogP contribution in [0.4, 0.5) is 0 Å². The predicted molar refractivity (Wildman–Crippen MR) is 87.2 cm³/mol. The second kappa shape index (κ2) is 5.96. The monoisotopic (exact) mass is 308 g/mol. The van der Waals surface area contributed by atoms with Gasteiger partial charge in [0.15, 0.2) is 0 Å². The molecule has 0 amide bonds. The van der Waals surface area contributed by atoms with Gasteiger partial charge in [-0.3, -0.25) is 0 Å². The van der Waals surface area contributed by atoms with Gasteiger partial charge in [-0.15, -0.1) is 0 Å². The minimum atomic E-state index is -0.998. The highest BCUT2D eigenvalue weighted by Gasteiger charge is 2.22. The van der Waals surface area contributed by atoms with Crippen molar-refractivity contribution in [1.29, 1.82) is 0 Å². The molecule has 23 heavy (non-hydrogen) atoms. The topological polar surface area (TPSA) is 64.4 Å². The van der Waals surface area contributed by atoms with Gasteiger partial charge in [0, 0.05) is 5.56 Å². The number of carboxylic acid groups (broad SMARTS) is 1. The van der Waals surface area contributed by atoms with Crippen molar-refractivity contribution in [2.75, 3.05) is 7.11 Å². The summed E-state index contributed by atoms with van der Waals surface area (Å²) in [5, 5.41) is 14.1. The van der Waals surface area contributed by atoms with Crippen molar-refractivity contribution in [2.24, 2.45) is 0 Å². The standard InChI is InChI=1S/C18H16N2O3/c1-12-16(18(21)22)17(13-7-6-10-15(11-13)23-2)19-20(12)14-8-4-3-5-9-14/h3-11H,1-2H3,(H,21,22). The fourth-order valence-electron chi connectivity index (χ4n) is 2.55. The van der Waals surface area contributed by atoms with E-state index in [4.69, 9.17) is 4.74 Å². The van der Waals surface area contributed by atoms with Gasteiger partial charge < -0.3 is 9.84 Å². The Kier molecular flexibility index (Phi) is 3.85. The van der Waals surface area contributed by atoms with Gasteiger partial charge in [0.05, 0.1) is 18.5 Å². The molecule has 0 unspecified atom stereocenters. The Labute approximate surface area is 133 Å². The molecule has 1 N–H and O–H groups in total. The average molecular weight is 308 g/mol. The smallest absolute Gasteiger partial charge is 0.339 e. The molecule has 1 aromatic heterocycles. The summed E-state index contributed by atoms with van der Waals surface area (Å²) in [6.07, 6.45) is 0. The molecule has 0 aliphatic heterocycles. The van der Waals surface area contributed by atoms with Crippen molar-refractivity contribution in [1.82, 2.24) is 9.78 Å². The number of rotatable bonds is 4. The summed E-state index contributed by atoms with van der Waals surface area (Å²) in [5.74, 6) is -0.340.